The summed E-state index contributed by atoms with van der Waals surface area (Å²) in [6, 6.07) is 14.5. The number of carbonyl (C=O) groups is 2. The maximum absolute atomic E-state index is 12.4. The minimum Gasteiger partial charge on any atom is -0.453 e. The number of rotatable bonds is 4. The zero-order valence-corrected chi connectivity index (χ0v) is 15.8. The summed E-state index contributed by atoms with van der Waals surface area (Å²) >= 11 is 17.8. The molecule has 2 aromatic rings. The summed E-state index contributed by atoms with van der Waals surface area (Å²) < 4.78 is 2.97. The van der Waals surface area contributed by atoms with Crippen molar-refractivity contribution in [3.63, 3.8) is 0 Å². The fourth-order valence-corrected chi connectivity index (χ4v) is 2.57. The van der Waals surface area contributed by atoms with Crippen molar-refractivity contribution in [2.24, 2.45) is 0 Å². The Morgan fingerprint density at radius 1 is 1.15 bits per heavy atom. The van der Waals surface area contributed by atoms with Crippen LogP contribution in [-0.4, -0.2) is 33.2 Å². The molecular weight excluding hydrogens is 419 g/mol. The summed E-state index contributed by atoms with van der Waals surface area (Å²) in [4.78, 5) is 30.2. The first-order chi connectivity index (χ1) is 12.8. The number of hydroxylamine groups is 1. The largest absolute Gasteiger partial charge is 0.453 e. The van der Waals surface area contributed by atoms with Gasteiger partial charge in [-0.15, -0.1) is 0 Å². The maximum Gasteiger partial charge on any atom is 0.320 e. The standard InChI is InChI=1S/C17H13Cl3N2O5/c18-17(19,20)16(21-13(23)10-6-2-1-3-7-10)27-22-11-8-4-5-9-12(11)26-15(25)14(22)24/h1-9,15-16,25H,(H,21,23)/t15-,16-/m1/s1. The molecule has 27 heavy (non-hydrogen) atoms. The average Bonchev–Trinajstić information content (AvgIpc) is 2.64. The molecule has 3 rings (SSSR count). The lowest BCUT2D eigenvalue weighted by Gasteiger charge is -2.35. The Balaban J connectivity index is 1.87. The van der Waals surface area contributed by atoms with Crippen LogP contribution in [0.5, 0.6) is 5.75 Å². The van der Waals surface area contributed by atoms with Gasteiger partial charge in [0.15, 0.2) is 0 Å². The van der Waals surface area contributed by atoms with Crippen LogP contribution in [0.4, 0.5) is 5.69 Å². The minimum atomic E-state index is -2.12. The quantitative estimate of drug-likeness (QED) is 0.574. The van der Waals surface area contributed by atoms with Crippen LogP contribution in [0.3, 0.4) is 0 Å². The van der Waals surface area contributed by atoms with Crippen molar-refractivity contribution < 1.29 is 24.3 Å². The molecule has 1 aliphatic heterocycles. The molecule has 0 aliphatic carbocycles. The van der Waals surface area contributed by atoms with E-state index in [-0.39, 0.29) is 11.4 Å². The average molecular weight is 432 g/mol. The lowest BCUT2D eigenvalue weighted by atomic mass is 10.2. The molecule has 1 aliphatic rings. The first-order valence-corrected chi connectivity index (χ1v) is 8.78. The first-order valence-electron chi connectivity index (χ1n) is 7.64. The summed E-state index contributed by atoms with van der Waals surface area (Å²) in [7, 11) is 0. The van der Waals surface area contributed by atoms with Gasteiger partial charge in [-0.2, -0.15) is 5.06 Å². The van der Waals surface area contributed by atoms with Crippen LogP contribution < -0.4 is 15.1 Å². The molecule has 10 heteroatoms. The number of amides is 2. The Kier molecular flexibility index (Phi) is 5.78. The second-order valence-corrected chi connectivity index (χ2v) is 7.81. The third-order valence-electron chi connectivity index (χ3n) is 3.54. The van der Waals surface area contributed by atoms with Gasteiger partial charge in [0.25, 0.3) is 12.2 Å². The third kappa shape index (κ3) is 4.45. The first kappa shape index (κ1) is 19.7. The van der Waals surface area contributed by atoms with E-state index in [1.807, 2.05) is 0 Å². The van der Waals surface area contributed by atoms with Crippen LogP contribution in [0.2, 0.25) is 0 Å². The van der Waals surface area contributed by atoms with E-state index in [1.54, 1.807) is 42.5 Å². The number of nitrogens with one attached hydrogen (secondary N) is 1. The lowest BCUT2D eigenvalue weighted by Crippen LogP contribution is -2.54. The molecule has 0 radical (unpaired) electrons. The number of carbonyl (C=O) groups excluding carboxylic acids is 2. The fraction of sp³-hybridized carbons (Fsp3) is 0.176. The van der Waals surface area contributed by atoms with E-state index in [1.165, 1.54) is 12.1 Å². The summed E-state index contributed by atoms with van der Waals surface area (Å²) in [5.74, 6) is -1.34. The van der Waals surface area contributed by atoms with E-state index in [2.05, 4.69) is 5.32 Å². The molecule has 2 amide bonds. The van der Waals surface area contributed by atoms with Crippen molar-refractivity contribution in [1.82, 2.24) is 5.32 Å². The predicted molar refractivity (Wildman–Crippen MR) is 99.6 cm³/mol. The smallest absolute Gasteiger partial charge is 0.320 e. The molecule has 0 aromatic heterocycles. The summed E-state index contributed by atoms with van der Waals surface area (Å²) in [6.45, 7) is 0. The Labute approximate surface area is 169 Å². The number of aliphatic hydroxyl groups excluding tert-OH is 1. The number of ether oxygens (including phenoxy) is 1. The van der Waals surface area contributed by atoms with Crippen molar-refractivity contribution in [2.45, 2.75) is 16.3 Å². The molecule has 2 aromatic carbocycles. The number of anilines is 1. The van der Waals surface area contributed by atoms with Crippen molar-refractivity contribution in [3.05, 3.63) is 60.2 Å². The molecule has 142 valence electrons. The van der Waals surface area contributed by atoms with Gasteiger partial charge >= 0.3 is 5.91 Å². The molecule has 2 atom stereocenters. The minimum absolute atomic E-state index is 0.181. The molecular formula is C17H13Cl3N2O5. The number of nitrogens with zero attached hydrogens (tertiary/aromatic N) is 1. The predicted octanol–water partition coefficient (Wildman–Crippen LogP) is 2.79. The van der Waals surface area contributed by atoms with Crippen molar-refractivity contribution >= 4 is 52.3 Å². The van der Waals surface area contributed by atoms with Crippen LogP contribution >= 0.6 is 34.8 Å². The molecule has 0 saturated heterocycles. The van der Waals surface area contributed by atoms with Crippen LogP contribution in [0, 0.1) is 0 Å². The summed E-state index contributed by atoms with van der Waals surface area (Å²) in [5, 5.41) is 12.9. The highest BCUT2D eigenvalue weighted by molar-refractivity contribution is 6.68. The molecule has 0 saturated carbocycles. The van der Waals surface area contributed by atoms with Crippen LogP contribution in [0.15, 0.2) is 54.6 Å². The molecule has 0 spiro atoms. The Morgan fingerprint density at radius 3 is 2.44 bits per heavy atom. The lowest BCUT2D eigenvalue weighted by molar-refractivity contribution is -0.154. The van der Waals surface area contributed by atoms with Crippen molar-refractivity contribution in [2.75, 3.05) is 5.06 Å². The SMILES string of the molecule is O=C(N[C@H](ON1C(=O)[C@H](O)Oc2ccccc21)C(Cl)(Cl)Cl)c1ccccc1. The highest BCUT2D eigenvalue weighted by atomic mass is 35.6. The zero-order valence-electron chi connectivity index (χ0n) is 13.5. The van der Waals surface area contributed by atoms with Gasteiger partial charge in [-0.3, -0.25) is 9.59 Å². The van der Waals surface area contributed by atoms with Crippen LogP contribution in [-0.2, 0) is 9.63 Å². The Bertz CT molecular complexity index is 844. The van der Waals surface area contributed by atoms with E-state index in [0.717, 1.165) is 5.06 Å². The number of hydrogen-bond donors (Lipinski definition) is 2. The van der Waals surface area contributed by atoms with Crippen LogP contribution in [0.25, 0.3) is 0 Å². The number of aliphatic hydroxyl groups is 1. The maximum atomic E-state index is 12.4. The fourth-order valence-electron chi connectivity index (χ4n) is 2.29. The molecule has 0 fully saturated rings. The third-order valence-corrected chi connectivity index (χ3v) is 4.13. The van der Waals surface area contributed by atoms with Gasteiger partial charge in [-0.1, -0.05) is 65.1 Å². The van der Waals surface area contributed by atoms with Gasteiger partial charge < -0.3 is 15.2 Å². The molecule has 0 bridgehead atoms. The number of para-hydroxylation sites is 2. The number of halogens is 3. The second kappa shape index (κ2) is 7.92. The molecule has 7 nitrogen and oxygen atoms in total. The Hall–Kier alpha value is -2.03. The summed E-state index contributed by atoms with van der Waals surface area (Å²) in [5.41, 5.74) is 0.482. The monoisotopic (exact) mass is 430 g/mol. The van der Waals surface area contributed by atoms with Crippen molar-refractivity contribution in [3.8, 4) is 5.75 Å². The second-order valence-electron chi connectivity index (χ2n) is 5.44. The number of benzene rings is 2. The van der Waals surface area contributed by atoms with Gasteiger partial charge in [0.05, 0.1) is 0 Å². The summed E-state index contributed by atoms with van der Waals surface area (Å²) in [6.07, 6.45) is -3.35. The zero-order chi connectivity index (χ0) is 19.6. The topological polar surface area (TPSA) is 88.1 Å². The van der Waals surface area contributed by atoms with Gasteiger partial charge in [0, 0.05) is 5.56 Å². The number of alkyl halides is 3. The van der Waals surface area contributed by atoms with E-state index in [4.69, 9.17) is 44.4 Å². The van der Waals surface area contributed by atoms with Gasteiger partial charge in [0.1, 0.15) is 11.4 Å². The Morgan fingerprint density at radius 2 is 1.78 bits per heavy atom. The van der Waals surface area contributed by atoms with E-state index in [9.17, 15) is 14.7 Å². The molecule has 0 unspecified atom stereocenters. The van der Waals surface area contributed by atoms with Gasteiger partial charge in [-0.25, -0.2) is 4.84 Å². The van der Waals surface area contributed by atoms with Crippen LogP contribution in [0.1, 0.15) is 10.4 Å². The number of fused-ring (bicyclic) bond motifs is 1. The van der Waals surface area contributed by atoms with Gasteiger partial charge in [0.2, 0.25) is 10.0 Å². The van der Waals surface area contributed by atoms with Gasteiger partial charge in [-0.05, 0) is 24.3 Å². The van der Waals surface area contributed by atoms with Crippen molar-refractivity contribution in [1.29, 1.82) is 0 Å². The molecule has 2 N–H and O–H groups in total. The highest BCUT2D eigenvalue weighted by Crippen LogP contribution is 2.37. The normalized spacial score (nSPS) is 17.7. The van der Waals surface area contributed by atoms with E-state index in [0.29, 0.717) is 5.56 Å². The highest BCUT2D eigenvalue weighted by Gasteiger charge is 2.42. The molecule has 1 heterocycles. The number of hydrogen-bond acceptors (Lipinski definition) is 5. The van der Waals surface area contributed by atoms with E-state index < -0.39 is 28.1 Å². The van der Waals surface area contributed by atoms with E-state index >= 15 is 0 Å².